The standard InChI is InChI=1S/C20H24N2O2/c1-15-8-9-19(21-16(15)2)18-10-12-22(13-11-18)20(23)24-14-17-6-4-3-5-7-17/h3-9,18H,10-14H2,1-2H3. The molecule has 24 heavy (non-hydrogen) atoms. The summed E-state index contributed by atoms with van der Waals surface area (Å²) in [5, 5.41) is 0. The lowest BCUT2D eigenvalue weighted by atomic mass is 9.93. The fourth-order valence-electron chi connectivity index (χ4n) is 3.05. The molecule has 3 rings (SSSR count). The van der Waals surface area contributed by atoms with Crippen LogP contribution in [-0.2, 0) is 11.3 Å². The highest BCUT2D eigenvalue weighted by atomic mass is 16.6. The number of piperidine rings is 1. The third-order valence-electron chi connectivity index (χ3n) is 4.75. The van der Waals surface area contributed by atoms with E-state index in [0.717, 1.165) is 42.9 Å². The van der Waals surface area contributed by atoms with Crippen LogP contribution in [-0.4, -0.2) is 29.1 Å². The fourth-order valence-corrected chi connectivity index (χ4v) is 3.05. The van der Waals surface area contributed by atoms with Gasteiger partial charge in [0.1, 0.15) is 6.61 Å². The van der Waals surface area contributed by atoms with Crippen LogP contribution in [0.25, 0.3) is 0 Å². The van der Waals surface area contributed by atoms with E-state index in [1.165, 1.54) is 5.56 Å². The molecule has 1 aromatic carbocycles. The maximum Gasteiger partial charge on any atom is 0.410 e. The molecule has 4 heteroatoms. The molecule has 0 N–H and O–H groups in total. The summed E-state index contributed by atoms with van der Waals surface area (Å²) in [6, 6.07) is 14.0. The first-order valence-corrected chi connectivity index (χ1v) is 8.53. The average Bonchev–Trinajstić information content (AvgIpc) is 2.63. The first kappa shape index (κ1) is 16.5. The lowest BCUT2D eigenvalue weighted by Gasteiger charge is -2.31. The smallest absolute Gasteiger partial charge is 0.410 e. The predicted octanol–water partition coefficient (Wildman–Crippen LogP) is 4.21. The number of rotatable bonds is 3. The Balaban J connectivity index is 1.51. The zero-order valence-electron chi connectivity index (χ0n) is 14.4. The highest BCUT2D eigenvalue weighted by molar-refractivity contribution is 5.67. The van der Waals surface area contributed by atoms with Crippen molar-refractivity contribution in [3.63, 3.8) is 0 Å². The van der Waals surface area contributed by atoms with Gasteiger partial charge in [-0.05, 0) is 43.9 Å². The summed E-state index contributed by atoms with van der Waals surface area (Å²) in [6.07, 6.45) is 1.66. The number of aromatic nitrogens is 1. The Morgan fingerprint density at radius 2 is 1.83 bits per heavy atom. The molecular formula is C20H24N2O2. The van der Waals surface area contributed by atoms with Crippen molar-refractivity contribution in [2.45, 2.75) is 39.2 Å². The van der Waals surface area contributed by atoms with E-state index in [1.54, 1.807) is 4.90 Å². The van der Waals surface area contributed by atoms with Gasteiger partial charge >= 0.3 is 6.09 Å². The Morgan fingerprint density at radius 3 is 2.50 bits per heavy atom. The number of nitrogens with zero attached hydrogens (tertiary/aromatic N) is 2. The summed E-state index contributed by atoms with van der Waals surface area (Å²) < 4.78 is 5.41. The van der Waals surface area contributed by atoms with E-state index in [-0.39, 0.29) is 6.09 Å². The number of hydrogen-bond acceptors (Lipinski definition) is 3. The van der Waals surface area contributed by atoms with Crippen molar-refractivity contribution in [1.29, 1.82) is 0 Å². The van der Waals surface area contributed by atoms with Crippen LogP contribution in [0, 0.1) is 13.8 Å². The normalized spacial score (nSPS) is 15.3. The minimum absolute atomic E-state index is 0.217. The number of carbonyl (C=O) groups excluding carboxylic acids is 1. The second-order valence-electron chi connectivity index (χ2n) is 6.44. The van der Waals surface area contributed by atoms with Crippen LogP contribution >= 0.6 is 0 Å². The second-order valence-corrected chi connectivity index (χ2v) is 6.44. The quantitative estimate of drug-likeness (QED) is 0.849. The largest absolute Gasteiger partial charge is 0.445 e. The van der Waals surface area contributed by atoms with Crippen LogP contribution in [0.15, 0.2) is 42.5 Å². The topological polar surface area (TPSA) is 42.4 Å². The molecule has 0 spiro atoms. The molecule has 126 valence electrons. The third kappa shape index (κ3) is 3.94. The number of likely N-dealkylation sites (tertiary alicyclic amines) is 1. The number of amides is 1. The van der Waals surface area contributed by atoms with Crippen molar-refractivity contribution in [2.24, 2.45) is 0 Å². The summed E-state index contributed by atoms with van der Waals surface area (Å²) in [6.45, 7) is 5.92. The Hall–Kier alpha value is -2.36. The highest BCUT2D eigenvalue weighted by Gasteiger charge is 2.25. The zero-order chi connectivity index (χ0) is 16.9. The van der Waals surface area contributed by atoms with Gasteiger partial charge in [0, 0.05) is 30.4 Å². The summed E-state index contributed by atoms with van der Waals surface area (Å²) in [5.41, 5.74) is 4.48. The number of ether oxygens (including phenoxy) is 1. The number of hydrogen-bond donors (Lipinski definition) is 0. The molecule has 1 aliphatic heterocycles. The Kier molecular flexibility index (Phi) is 5.14. The van der Waals surface area contributed by atoms with Crippen LogP contribution in [0.4, 0.5) is 4.79 Å². The molecule has 0 saturated carbocycles. The van der Waals surface area contributed by atoms with E-state index in [0.29, 0.717) is 12.5 Å². The van der Waals surface area contributed by atoms with Crippen molar-refractivity contribution in [1.82, 2.24) is 9.88 Å². The van der Waals surface area contributed by atoms with Crippen molar-refractivity contribution in [3.05, 3.63) is 65.0 Å². The van der Waals surface area contributed by atoms with Gasteiger partial charge in [0.05, 0.1) is 0 Å². The molecule has 1 fully saturated rings. The van der Waals surface area contributed by atoms with Gasteiger partial charge in [-0.1, -0.05) is 36.4 Å². The summed E-state index contributed by atoms with van der Waals surface area (Å²) in [4.78, 5) is 18.7. The molecule has 2 heterocycles. The average molecular weight is 324 g/mol. The molecule has 1 saturated heterocycles. The van der Waals surface area contributed by atoms with E-state index in [4.69, 9.17) is 9.72 Å². The van der Waals surface area contributed by atoms with Crippen molar-refractivity contribution in [2.75, 3.05) is 13.1 Å². The van der Waals surface area contributed by atoms with Gasteiger partial charge in [0.2, 0.25) is 0 Å². The van der Waals surface area contributed by atoms with Crippen molar-refractivity contribution < 1.29 is 9.53 Å². The van der Waals surface area contributed by atoms with E-state index < -0.39 is 0 Å². The monoisotopic (exact) mass is 324 g/mol. The number of carbonyl (C=O) groups is 1. The lowest BCUT2D eigenvalue weighted by molar-refractivity contribution is 0.0868. The van der Waals surface area contributed by atoms with Gasteiger partial charge in [0.25, 0.3) is 0 Å². The van der Waals surface area contributed by atoms with Gasteiger partial charge in [0.15, 0.2) is 0 Å². The van der Waals surface area contributed by atoms with E-state index >= 15 is 0 Å². The Labute approximate surface area is 143 Å². The molecule has 0 bridgehead atoms. The first-order chi connectivity index (χ1) is 11.6. The van der Waals surface area contributed by atoms with Crippen molar-refractivity contribution >= 4 is 6.09 Å². The Bertz CT molecular complexity index is 692. The fraction of sp³-hybridized carbons (Fsp3) is 0.400. The lowest BCUT2D eigenvalue weighted by Crippen LogP contribution is -2.38. The minimum Gasteiger partial charge on any atom is -0.445 e. The predicted molar refractivity (Wildman–Crippen MR) is 93.9 cm³/mol. The summed E-state index contributed by atoms with van der Waals surface area (Å²) >= 11 is 0. The third-order valence-corrected chi connectivity index (χ3v) is 4.75. The molecule has 0 radical (unpaired) electrons. The number of pyridine rings is 1. The van der Waals surface area contributed by atoms with Gasteiger partial charge in [-0.15, -0.1) is 0 Å². The van der Waals surface area contributed by atoms with E-state index in [9.17, 15) is 4.79 Å². The zero-order valence-corrected chi connectivity index (χ0v) is 14.4. The van der Waals surface area contributed by atoms with Crippen LogP contribution in [0.1, 0.15) is 41.3 Å². The van der Waals surface area contributed by atoms with Crippen LogP contribution in [0.3, 0.4) is 0 Å². The van der Waals surface area contributed by atoms with Gasteiger partial charge in [-0.2, -0.15) is 0 Å². The molecule has 0 aliphatic carbocycles. The SMILES string of the molecule is Cc1ccc(C2CCN(C(=O)OCc3ccccc3)CC2)nc1C. The molecule has 0 unspecified atom stereocenters. The van der Waals surface area contributed by atoms with Crippen molar-refractivity contribution in [3.8, 4) is 0 Å². The Morgan fingerprint density at radius 1 is 1.12 bits per heavy atom. The van der Waals surface area contributed by atoms with Gasteiger partial charge < -0.3 is 9.64 Å². The highest BCUT2D eigenvalue weighted by Crippen LogP contribution is 2.27. The number of benzene rings is 1. The van der Waals surface area contributed by atoms with Crippen LogP contribution < -0.4 is 0 Å². The molecule has 4 nitrogen and oxygen atoms in total. The molecule has 0 atom stereocenters. The van der Waals surface area contributed by atoms with E-state index in [2.05, 4.69) is 26.0 Å². The maximum atomic E-state index is 12.2. The molecule has 1 aromatic heterocycles. The van der Waals surface area contributed by atoms with Crippen LogP contribution in [0.5, 0.6) is 0 Å². The minimum atomic E-state index is -0.217. The molecular weight excluding hydrogens is 300 g/mol. The first-order valence-electron chi connectivity index (χ1n) is 8.53. The molecule has 1 amide bonds. The van der Waals surface area contributed by atoms with Gasteiger partial charge in [-0.3, -0.25) is 4.98 Å². The van der Waals surface area contributed by atoms with E-state index in [1.807, 2.05) is 30.3 Å². The molecule has 2 aromatic rings. The van der Waals surface area contributed by atoms with Crippen LogP contribution in [0.2, 0.25) is 0 Å². The van der Waals surface area contributed by atoms with Gasteiger partial charge in [-0.25, -0.2) is 4.79 Å². The summed E-state index contributed by atoms with van der Waals surface area (Å²) in [5.74, 6) is 0.433. The maximum absolute atomic E-state index is 12.2. The second kappa shape index (κ2) is 7.47. The molecule has 1 aliphatic rings. The summed E-state index contributed by atoms with van der Waals surface area (Å²) in [7, 11) is 0. The number of aryl methyl sites for hydroxylation is 2.